The molecule has 1 aromatic heterocycles. The molecule has 1 atom stereocenters. The Balaban J connectivity index is 2.58. The molecule has 1 amide bonds. The SMILES string of the molecule is CC(NC(=O)c1cnns1)C(N)=NO. The lowest BCUT2D eigenvalue weighted by atomic mass is 10.3. The molecule has 0 aliphatic rings. The van der Waals surface area contributed by atoms with Crippen molar-refractivity contribution in [2.24, 2.45) is 10.9 Å². The van der Waals surface area contributed by atoms with Crippen LogP contribution in [-0.2, 0) is 0 Å². The summed E-state index contributed by atoms with van der Waals surface area (Å²) in [4.78, 5) is 11.7. The first-order valence-corrected chi connectivity index (χ1v) is 4.48. The van der Waals surface area contributed by atoms with Crippen LogP contribution in [-0.4, -0.2) is 32.6 Å². The van der Waals surface area contributed by atoms with E-state index in [1.807, 2.05) is 0 Å². The van der Waals surface area contributed by atoms with Crippen LogP contribution in [0.4, 0.5) is 0 Å². The number of nitrogens with two attached hydrogens (primary N) is 1. The van der Waals surface area contributed by atoms with E-state index in [9.17, 15) is 4.79 Å². The van der Waals surface area contributed by atoms with Gasteiger partial charge in [0.25, 0.3) is 5.91 Å². The molecule has 1 heterocycles. The average molecular weight is 215 g/mol. The zero-order valence-corrected chi connectivity index (χ0v) is 8.15. The predicted octanol–water partition coefficient (Wildman–Crippen LogP) is -0.597. The molecule has 0 bridgehead atoms. The van der Waals surface area contributed by atoms with Gasteiger partial charge in [0.1, 0.15) is 4.88 Å². The summed E-state index contributed by atoms with van der Waals surface area (Å²) in [6.45, 7) is 1.60. The zero-order valence-electron chi connectivity index (χ0n) is 7.34. The van der Waals surface area contributed by atoms with Gasteiger partial charge in [0.2, 0.25) is 0 Å². The lowest BCUT2D eigenvalue weighted by molar-refractivity contribution is 0.0952. The Morgan fingerprint density at radius 2 is 2.57 bits per heavy atom. The minimum atomic E-state index is -0.533. The molecular formula is C6H9N5O2S. The summed E-state index contributed by atoms with van der Waals surface area (Å²) in [6, 6.07) is -0.533. The minimum absolute atomic E-state index is 0.0594. The summed E-state index contributed by atoms with van der Waals surface area (Å²) < 4.78 is 3.54. The smallest absolute Gasteiger partial charge is 0.265 e. The van der Waals surface area contributed by atoms with E-state index in [2.05, 4.69) is 20.1 Å². The molecule has 0 fully saturated rings. The second-order valence-electron chi connectivity index (χ2n) is 2.50. The Morgan fingerprint density at radius 1 is 1.86 bits per heavy atom. The van der Waals surface area contributed by atoms with E-state index in [4.69, 9.17) is 10.9 Å². The van der Waals surface area contributed by atoms with Gasteiger partial charge in [-0.05, 0) is 18.5 Å². The number of hydrogen-bond donors (Lipinski definition) is 3. The fourth-order valence-corrected chi connectivity index (χ4v) is 1.11. The molecule has 76 valence electrons. The van der Waals surface area contributed by atoms with Gasteiger partial charge in [-0.25, -0.2) is 0 Å². The molecule has 0 aliphatic carbocycles. The number of nitrogens with zero attached hydrogens (tertiary/aromatic N) is 3. The fourth-order valence-electron chi connectivity index (χ4n) is 0.696. The highest BCUT2D eigenvalue weighted by Crippen LogP contribution is 2.01. The molecule has 8 heteroatoms. The van der Waals surface area contributed by atoms with Crippen LogP contribution in [0.15, 0.2) is 11.4 Å². The number of nitrogens with one attached hydrogen (secondary N) is 1. The second-order valence-corrected chi connectivity index (χ2v) is 3.29. The maximum atomic E-state index is 11.4. The first kappa shape index (κ1) is 10.4. The Labute approximate surface area is 83.8 Å². The molecule has 0 aromatic carbocycles. The third kappa shape index (κ3) is 2.39. The van der Waals surface area contributed by atoms with Crippen molar-refractivity contribution >= 4 is 23.3 Å². The van der Waals surface area contributed by atoms with Crippen LogP contribution in [0.1, 0.15) is 16.6 Å². The molecular weight excluding hydrogens is 206 g/mol. The van der Waals surface area contributed by atoms with E-state index in [1.54, 1.807) is 6.92 Å². The van der Waals surface area contributed by atoms with Gasteiger partial charge in [0.05, 0.1) is 12.2 Å². The van der Waals surface area contributed by atoms with Crippen molar-refractivity contribution in [3.63, 3.8) is 0 Å². The van der Waals surface area contributed by atoms with E-state index in [1.165, 1.54) is 6.20 Å². The summed E-state index contributed by atoms with van der Waals surface area (Å²) in [5, 5.41) is 17.1. The molecule has 1 aromatic rings. The second kappa shape index (κ2) is 4.51. The van der Waals surface area contributed by atoms with Gasteiger partial charge in [-0.3, -0.25) is 4.79 Å². The number of aromatic nitrogens is 2. The summed E-state index contributed by atoms with van der Waals surface area (Å²) in [5.41, 5.74) is 5.28. The summed E-state index contributed by atoms with van der Waals surface area (Å²) in [7, 11) is 0. The molecule has 0 saturated heterocycles. The number of carbonyl (C=O) groups excluding carboxylic acids is 1. The van der Waals surface area contributed by atoms with Gasteiger partial charge in [-0.1, -0.05) is 9.64 Å². The van der Waals surface area contributed by atoms with Crippen molar-refractivity contribution in [1.82, 2.24) is 14.9 Å². The van der Waals surface area contributed by atoms with Crippen molar-refractivity contribution in [3.8, 4) is 0 Å². The average Bonchev–Trinajstić information content (AvgIpc) is 2.69. The highest BCUT2D eigenvalue weighted by molar-refractivity contribution is 7.07. The predicted molar refractivity (Wildman–Crippen MR) is 50.2 cm³/mol. The molecule has 0 spiro atoms. The van der Waals surface area contributed by atoms with Crippen LogP contribution in [0, 0.1) is 0 Å². The molecule has 0 aliphatic heterocycles. The zero-order chi connectivity index (χ0) is 10.6. The molecule has 4 N–H and O–H groups in total. The summed E-state index contributed by atoms with van der Waals surface area (Å²) >= 11 is 0.976. The van der Waals surface area contributed by atoms with Gasteiger partial charge in [0.15, 0.2) is 5.84 Å². The Hall–Kier alpha value is -1.70. The Bertz CT molecular complexity index is 336. The van der Waals surface area contributed by atoms with Crippen LogP contribution < -0.4 is 11.1 Å². The van der Waals surface area contributed by atoms with Crippen molar-refractivity contribution in [3.05, 3.63) is 11.1 Å². The first-order chi connectivity index (χ1) is 6.65. The molecule has 1 rings (SSSR count). The molecule has 1 unspecified atom stereocenters. The number of amidine groups is 1. The van der Waals surface area contributed by atoms with E-state index in [-0.39, 0.29) is 11.7 Å². The van der Waals surface area contributed by atoms with Crippen molar-refractivity contribution < 1.29 is 10.0 Å². The monoisotopic (exact) mass is 215 g/mol. The van der Waals surface area contributed by atoms with Gasteiger partial charge in [-0.15, -0.1) is 5.10 Å². The van der Waals surface area contributed by atoms with Gasteiger partial charge in [0, 0.05) is 0 Å². The van der Waals surface area contributed by atoms with Crippen LogP contribution in [0.5, 0.6) is 0 Å². The molecule has 14 heavy (non-hydrogen) atoms. The Morgan fingerprint density at radius 3 is 3.07 bits per heavy atom. The van der Waals surface area contributed by atoms with Gasteiger partial charge in [-0.2, -0.15) is 0 Å². The first-order valence-electron chi connectivity index (χ1n) is 3.70. The third-order valence-electron chi connectivity index (χ3n) is 1.49. The van der Waals surface area contributed by atoms with E-state index in [0.29, 0.717) is 4.88 Å². The lowest BCUT2D eigenvalue weighted by Crippen LogP contribution is -2.42. The maximum Gasteiger partial charge on any atom is 0.265 e. The highest BCUT2D eigenvalue weighted by Gasteiger charge is 2.14. The van der Waals surface area contributed by atoms with Crippen LogP contribution >= 0.6 is 11.5 Å². The molecule has 0 radical (unpaired) electrons. The minimum Gasteiger partial charge on any atom is -0.409 e. The van der Waals surface area contributed by atoms with Crippen LogP contribution in [0.3, 0.4) is 0 Å². The van der Waals surface area contributed by atoms with E-state index >= 15 is 0 Å². The van der Waals surface area contributed by atoms with Crippen molar-refractivity contribution in [2.75, 3.05) is 0 Å². The lowest BCUT2D eigenvalue weighted by Gasteiger charge is -2.10. The Kier molecular flexibility index (Phi) is 3.35. The van der Waals surface area contributed by atoms with Crippen molar-refractivity contribution in [1.29, 1.82) is 0 Å². The van der Waals surface area contributed by atoms with Gasteiger partial charge < -0.3 is 16.3 Å². The number of amides is 1. The maximum absolute atomic E-state index is 11.4. The standard InChI is InChI=1S/C6H9N5O2S/c1-3(5(7)10-13)9-6(12)4-2-8-11-14-4/h2-3,13H,1H3,(H2,7,10)(H,9,12). The van der Waals surface area contributed by atoms with Crippen LogP contribution in [0.25, 0.3) is 0 Å². The topological polar surface area (TPSA) is 113 Å². The summed E-state index contributed by atoms with van der Waals surface area (Å²) in [5.74, 6) is -0.407. The molecule has 7 nitrogen and oxygen atoms in total. The normalized spacial score (nSPS) is 13.6. The fraction of sp³-hybridized carbons (Fsp3) is 0.333. The number of carbonyl (C=O) groups is 1. The van der Waals surface area contributed by atoms with Crippen molar-refractivity contribution in [2.45, 2.75) is 13.0 Å². The van der Waals surface area contributed by atoms with E-state index < -0.39 is 6.04 Å². The largest absolute Gasteiger partial charge is 0.409 e. The van der Waals surface area contributed by atoms with E-state index in [0.717, 1.165) is 11.5 Å². The summed E-state index contributed by atoms with van der Waals surface area (Å²) in [6.07, 6.45) is 1.35. The number of hydrogen-bond acceptors (Lipinski definition) is 6. The highest BCUT2D eigenvalue weighted by atomic mass is 32.1. The van der Waals surface area contributed by atoms with Crippen LogP contribution in [0.2, 0.25) is 0 Å². The molecule has 0 saturated carbocycles. The van der Waals surface area contributed by atoms with Gasteiger partial charge >= 0.3 is 0 Å². The third-order valence-corrected chi connectivity index (χ3v) is 2.16. The quantitative estimate of drug-likeness (QED) is 0.270. The number of oxime groups is 1. The number of rotatable bonds is 3.